The maximum atomic E-state index is 6.00. The summed E-state index contributed by atoms with van der Waals surface area (Å²) in [6.45, 7) is 19.3. The molecule has 0 N–H and O–H groups in total. The van der Waals surface area contributed by atoms with Crippen LogP contribution in [0.2, 0.25) is 0 Å². The van der Waals surface area contributed by atoms with Gasteiger partial charge in [-0.15, -0.1) is 0 Å². The van der Waals surface area contributed by atoms with E-state index in [0.717, 1.165) is 0 Å². The normalized spacial score (nSPS) is 15.0. The maximum absolute atomic E-state index is 6.00. The predicted molar refractivity (Wildman–Crippen MR) is 62.2 cm³/mol. The zero-order valence-corrected chi connectivity index (χ0v) is 11.4. The van der Waals surface area contributed by atoms with Crippen LogP contribution in [0.15, 0.2) is 0 Å². The van der Waals surface area contributed by atoms with E-state index in [1.807, 2.05) is 0 Å². The van der Waals surface area contributed by atoms with Crippen LogP contribution in [-0.2, 0) is 4.84 Å². The average molecular weight is 201 g/mol. The van der Waals surface area contributed by atoms with Gasteiger partial charge in [-0.3, -0.25) is 4.84 Å². The van der Waals surface area contributed by atoms with Crippen LogP contribution in [0.3, 0.4) is 0 Å². The van der Waals surface area contributed by atoms with E-state index in [-0.39, 0.29) is 16.7 Å². The van der Waals surface area contributed by atoms with E-state index in [9.17, 15) is 0 Å². The van der Waals surface area contributed by atoms with Crippen LogP contribution in [0, 0.1) is 0 Å². The molecule has 0 heterocycles. The molecule has 2 heteroatoms. The van der Waals surface area contributed by atoms with E-state index in [1.54, 1.807) is 0 Å². The first kappa shape index (κ1) is 13.9. The lowest BCUT2D eigenvalue weighted by Crippen LogP contribution is -2.55. The summed E-state index contributed by atoms with van der Waals surface area (Å²) in [5.41, 5.74) is -0.0996. The van der Waals surface area contributed by atoms with Gasteiger partial charge in [0.05, 0.1) is 5.60 Å². The van der Waals surface area contributed by atoms with Gasteiger partial charge in [0.25, 0.3) is 0 Å². The van der Waals surface area contributed by atoms with Crippen molar-refractivity contribution in [3.05, 3.63) is 0 Å². The fourth-order valence-electron chi connectivity index (χ4n) is 1.55. The highest BCUT2D eigenvalue weighted by Gasteiger charge is 2.35. The molecule has 0 atom stereocenters. The fraction of sp³-hybridized carbons (Fsp3) is 1.00. The van der Waals surface area contributed by atoms with Crippen molar-refractivity contribution in [1.82, 2.24) is 5.06 Å². The highest BCUT2D eigenvalue weighted by atomic mass is 16.7. The van der Waals surface area contributed by atoms with Gasteiger partial charge < -0.3 is 0 Å². The van der Waals surface area contributed by atoms with Gasteiger partial charge in [-0.25, -0.2) is 0 Å². The highest BCUT2D eigenvalue weighted by molar-refractivity contribution is 4.82. The van der Waals surface area contributed by atoms with Crippen molar-refractivity contribution in [2.45, 2.75) is 79.0 Å². The second-order valence-electron chi connectivity index (χ2n) is 6.84. The quantitative estimate of drug-likeness (QED) is 0.601. The van der Waals surface area contributed by atoms with Gasteiger partial charge in [-0.2, -0.15) is 5.06 Å². The summed E-state index contributed by atoms with van der Waals surface area (Å²) in [6.07, 6.45) is 0. The third-order valence-electron chi connectivity index (χ3n) is 1.58. The minimum absolute atomic E-state index is 0.0194. The number of nitrogens with zero attached hydrogens (tertiary/aromatic N) is 1. The van der Waals surface area contributed by atoms with E-state index in [4.69, 9.17) is 4.84 Å². The summed E-state index contributed by atoms with van der Waals surface area (Å²) in [6, 6.07) is 0. The lowest BCUT2D eigenvalue weighted by Gasteiger charge is -2.46. The maximum Gasteiger partial charge on any atom is 0.0816 e. The molecule has 2 nitrogen and oxygen atoms in total. The van der Waals surface area contributed by atoms with Crippen LogP contribution in [0.4, 0.5) is 0 Å². The molecule has 14 heavy (non-hydrogen) atoms. The molecule has 0 saturated heterocycles. The Balaban J connectivity index is 4.78. The van der Waals surface area contributed by atoms with Crippen molar-refractivity contribution in [2.75, 3.05) is 0 Å². The van der Waals surface area contributed by atoms with Crippen LogP contribution >= 0.6 is 0 Å². The predicted octanol–water partition coefficient (Wildman–Crippen LogP) is 3.62. The minimum Gasteiger partial charge on any atom is -0.292 e. The zero-order chi connectivity index (χ0) is 11.8. The van der Waals surface area contributed by atoms with Crippen molar-refractivity contribution in [2.24, 2.45) is 0 Å². The molecule has 0 spiro atoms. The molecule has 0 saturated carbocycles. The topological polar surface area (TPSA) is 12.5 Å². The minimum atomic E-state index is -0.138. The van der Waals surface area contributed by atoms with E-state index >= 15 is 0 Å². The van der Waals surface area contributed by atoms with Crippen molar-refractivity contribution in [1.29, 1.82) is 0 Å². The van der Waals surface area contributed by atoms with Gasteiger partial charge >= 0.3 is 0 Å². The van der Waals surface area contributed by atoms with Crippen LogP contribution < -0.4 is 0 Å². The smallest absolute Gasteiger partial charge is 0.0816 e. The Morgan fingerprint density at radius 1 is 0.643 bits per heavy atom. The number of hydrogen-bond acceptors (Lipinski definition) is 2. The molecule has 0 unspecified atom stereocenters. The van der Waals surface area contributed by atoms with Gasteiger partial charge in [-0.05, 0) is 62.3 Å². The summed E-state index contributed by atoms with van der Waals surface area (Å²) in [7, 11) is 0. The SMILES string of the molecule is CC(C)(C)ON(C(C)(C)C)C(C)(C)C. The molecule has 0 amide bonds. The Hall–Kier alpha value is -0.0800. The van der Waals surface area contributed by atoms with Gasteiger partial charge in [-0.1, -0.05) is 0 Å². The summed E-state index contributed by atoms with van der Waals surface area (Å²) < 4.78 is 0. The molecule has 0 aromatic rings. The summed E-state index contributed by atoms with van der Waals surface area (Å²) >= 11 is 0. The monoisotopic (exact) mass is 201 g/mol. The first-order chi connectivity index (χ1) is 5.84. The van der Waals surface area contributed by atoms with Crippen molar-refractivity contribution >= 4 is 0 Å². The Morgan fingerprint density at radius 3 is 1.00 bits per heavy atom. The second kappa shape index (κ2) is 3.82. The fourth-order valence-corrected chi connectivity index (χ4v) is 1.55. The first-order valence-corrected chi connectivity index (χ1v) is 5.33. The summed E-state index contributed by atoms with van der Waals surface area (Å²) in [5.74, 6) is 0. The van der Waals surface area contributed by atoms with Crippen molar-refractivity contribution < 1.29 is 4.84 Å². The Bertz CT molecular complexity index is 164. The highest BCUT2D eigenvalue weighted by Crippen LogP contribution is 2.28. The molecule has 86 valence electrons. The number of hydrogen-bond donors (Lipinski definition) is 0. The largest absolute Gasteiger partial charge is 0.292 e. The molecule has 0 radical (unpaired) electrons. The third-order valence-corrected chi connectivity index (χ3v) is 1.58. The molecule has 0 aromatic heterocycles. The summed E-state index contributed by atoms with van der Waals surface area (Å²) in [4.78, 5) is 6.00. The van der Waals surface area contributed by atoms with Gasteiger partial charge in [0, 0.05) is 11.1 Å². The molecule has 0 aliphatic rings. The average Bonchev–Trinajstić information content (AvgIpc) is 1.75. The molecular formula is C12H27NO. The first-order valence-electron chi connectivity index (χ1n) is 5.33. The van der Waals surface area contributed by atoms with Crippen LogP contribution in [-0.4, -0.2) is 21.7 Å². The lowest BCUT2D eigenvalue weighted by atomic mass is 10.00. The van der Waals surface area contributed by atoms with Gasteiger partial charge in [0.1, 0.15) is 0 Å². The van der Waals surface area contributed by atoms with Gasteiger partial charge in [0.2, 0.25) is 0 Å². The molecule has 0 bridgehead atoms. The van der Waals surface area contributed by atoms with E-state index in [2.05, 4.69) is 67.4 Å². The number of hydroxylamine groups is 2. The van der Waals surface area contributed by atoms with Gasteiger partial charge in [0.15, 0.2) is 0 Å². The van der Waals surface area contributed by atoms with Crippen molar-refractivity contribution in [3.63, 3.8) is 0 Å². The molecule has 0 aromatic carbocycles. The Kier molecular flexibility index (Phi) is 3.80. The molecule has 0 rings (SSSR count). The zero-order valence-electron chi connectivity index (χ0n) is 11.4. The molecule has 0 fully saturated rings. The second-order valence-corrected chi connectivity index (χ2v) is 6.84. The lowest BCUT2D eigenvalue weighted by molar-refractivity contribution is -0.306. The summed E-state index contributed by atoms with van der Waals surface area (Å²) in [5, 5.41) is 2.08. The van der Waals surface area contributed by atoms with Crippen LogP contribution in [0.25, 0.3) is 0 Å². The molecule has 0 aliphatic heterocycles. The third kappa shape index (κ3) is 4.97. The number of rotatable bonds is 1. The van der Waals surface area contributed by atoms with E-state index in [1.165, 1.54) is 0 Å². The van der Waals surface area contributed by atoms with Crippen LogP contribution in [0.1, 0.15) is 62.3 Å². The molecular weight excluding hydrogens is 174 g/mol. The Morgan fingerprint density at radius 2 is 0.929 bits per heavy atom. The van der Waals surface area contributed by atoms with E-state index in [0.29, 0.717) is 0 Å². The Labute approximate surface area is 89.6 Å². The van der Waals surface area contributed by atoms with Crippen LogP contribution in [0.5, 0.6) is 0 Å². The standard InChI is InChI=1S/C12H27NO/c1-10(2,3)13(11(4,5)6)14-12(7,8)9/h1-9H3. The van der Waals surface area contributed by atoms with Crippen molar-refractivity contribution in [3.8, 4) is 0 Å². The molecule has 0 aliphatic carbocycles. The van der Waals surface area contributed by atoms with E-state index < -0.39 is 0 Å².